The van der Waals surface area contributed by atoms with Crippen molar-refractivity contribution >= 4 is 10.8 Å². The molecule has 0 unspecified atom stereocenters. The maximum atomic E-state index is 2.32. The van der Waals surface area contributed by atoms with Crippen LogP contribution in [0.25, 0.3) is 21.9 Å². The van der Waals surface area contributed by atoms with Crippen molar-refractivity contribution < 1.29 is 0 Å². The summed E-state index contributed by atoms with van der Waals surface area (Å²) < 4.78 is 0. The molecule has 3 rings (SSSR count). The van der Waals surface area contributed by atoms with Crippen LogP contribution in [0, 0.1) is 0 Å². The highest BCUT2D eigenvalue weighted by Crippen LogP contribution is 2.29. The molecule has 0 N–H and O–H groups in total. The van der Waals surface area contributed by atoms with Gasteiger partial charge in [-0.15, -0.1) is 0 Å². The van der Waals surface area contributed by atoms with Gasteiger partial charge in [-0.1, -0.05) is 81.4 Å². The summed E-state index contributed by atoms with van der Waals surface area (Å²) in [6.45, 7) is 6.78. The fraction of sp³-hybridized carbons (Fsp3) is 0.200. The van der Waals surface area contributed by atoms with Crippen LogP contribution in [0.4, 0.5) is 0 Å². The topological polar surface area (TPSA) is 0 Å². The van der Waals surface area contributed by atoms with Gasteiger partial charge in [0.05, 0.1) is 0 Å². The van der Waals surface area contributed by atoms with Crippen LogP contribution in [0.1, 0.15) is 26.3 Å². The summed E-state index contributed by atoms with van der Waals surface area (Å²) in [6, 6.07) is 24.1. The van der Waals surface area contributed by atoms with Crippen LogP contribution in [0.3, 0.4) is 0 Å². The Morgan fingerprint density at radius 1 is 0.600 bits per heavy atom. The Kier molecular flexibility index (Phi) is 3.10. The molecule has 0 aliphatic heterocycles. The maximum absolute atomic E-state index is 2.32. The van der Waals surface area contributed by atoms with E-state index in [1.807, 2.05) is 0 Å². The van der Waals surface area contributed by atoms with Gasteiger partial charge in [0.25, 0.3) is 0 Å². The van der Waals surface area contributed by atoms with E-state index in [-0.39, 0.29) is 5.41 Å². The maximum Gasteiger partial charge on any atom is -0.0132 e. The molecule has 0 heteroatoms. The standard InChI is InChI=1S/C20H20/c1-20(2,3)19-12-11-16-9-10-17(13-18(16)14-19)15-7-5-4-6-8-15/h4-14H,1-3H3. The molecule has 0 radical (unpaired) electrons. The van der Waals surface area contributed by atoms with Crippen molar-refractivity contribution in [3.8, 4) is 11.1 Å². The summed E-state index contributed by atoms with van der Waals surface area (Å²) in [5, 5.41) is 2.62. The second-order valence-corrected chi connectivity index (χ2v) is 6.39. The lowest BCUT2D eigenvalue weighted by Gasteiger charge is -2.19. The highest BCUT2D eigenvalue weighted by atomic mass is 14.2. The zero-order valence-electron chi connectivity index (χ0n) is 12.4. The van der Waals surface area contributed by atoms with Crippen LogP contribution in [0.2, 0.25) is 0 Å². The van der Waals surface area contributed by atoms with E-state index in [4.69, 9.17) is 0 Å². The molecule has 0 aromatic heterocycles. The molecule has 0 fully saturated rings. The first-order valence-electron chi connectivity index (χ1n) is 7.14. The minimum atomic E-state index is 0.191. The fourth-order valence-corrected chi connectivity index (χ4v) is 2.52. The van der Waals surface area contributed by atoms with Crippen LogP contribution < -0.4 is 0 Å². The van der Waals surface area contributed by atoms with Crippen LogP contribution in [0.15, 0.2) is 66.7 Å². The zero-order chi connectivity index (χ0) is 14.2. The van der Waals surface area contributed by atoms with Gasteiger partial charge in [-0.25, -0.2) is 0 Å². The molecule has 0 aliphatic rings. The molecule has 0 atom stereocenters. The average molecular weight is 260 g/mol. The van der Waals surface area contributed by atoms with Crippen LogP contribution in [-0.2, 0) is 5.41 Å². The lowest BCUT2D eigenvalue weighted by molar-refractivity contribution is 0.591. The highest BCUT2D eigenvalue weighted by molar-refractivity contribution is 5.88. The number of hydrogen-bond acceptors (Lipinski definition) is 0. The molecule has 0 saturated carbocycles. The quantitative estimate of drug-likeness (QED) is 0.518. The van der Waals surface area contributed by atoms with Gasteiger partial charge < -0.3 is 0 Å². The number of fused-ring (bicyclic) bond motifs is 1. The molecule has 3 aromatic carbocycles. The van der Waals surface area contributed by atoms with E-state index in [1.54, 1.807) is 0 Å². The zero-order valence-corrected chi connectivity index (χ0v) is 12.4. The predicted molar refractivity (Wildman–Crippen MR) is 88.1 cm³/mol. The largest absolute Gasteiger partial charge is 0.0622 e. The van der Waals surface area contributed by atoms with Gasteiger partial charge in [0.15, 0.2) is 0 Å². The number of rotatable bonds is 1. The summed E-state index contributed by atoms with van der Waals surface area (Å²) in [6.07, 6.45) is 0. The van der Waals surface area contributed by atoms with Crippen molar-refractivity contribution in [1.82, 2.24) is 0 Å². The van der Waals surface area contributed by atoms with Gasteiger partial charge in [-0.2, -0.15) is 0 Å². The van der Waals surface area contributed by atoms with Crippen LogP contribution in [-0.4, -0.2) is 0 Å². The Hall–Kier alpha value is -2.08. The van der Waals surface area contributed by atoms with Gasteiger partial charge in [0.2, 0.25) is 0 Å². The minimum absolute atomic E-state index is 0.191. The van der Waals surface area contributed by atoms with Gasteiger partial charge in [-0.05, 0) is 38.9 Å². The molecule has 20 heavy (non-hydrogen) atoms. The smallest absolute Gasteiger partial charge is 0.0132 e. The molecule has 0 heterocycles. The van der Waals surface area contributed by atoms with E-state index in [1.165, 1.54) is 27.5 Å². The van der Waals surface area contributed by atoms with Gasteiger partial charge in [-0.3, -0.25) is 0 Å². The lowest BCUT2D eigenvalue weighted by atomic mass is 9.85. The monoisotopic (exact) mass is 260 g/mol. The van der Waals surface area contributed by atoms with Crippen molar-refractivity contribution in [2.24, 2.45) is 0 Å². The van der Waals surface area contributed by atoms with E-state index in [9.17, 15) is 0 Å². The van der Waals surface area contributed by atoms with E-state index in [2.05, 4.69) is 87.5 Å². The van der Waals surface area contributed by atoms with E-state index in [0.717, 1.165) is 0 Å². The third-order valence-electron chi connectivity index (χ3n) is 3.81. The summed E-state index contributed by atoms with van der Waals surface area (Å²) in [7, 11) is 0. The second-order valence-electron chi connectivity index (χ2n) is 6.39. The van der Waals surface area contributed by atoms with Crippen LogP contribution in [0.5, 0.6) is 0 Å². The first kappa shape index (κ1) is 12.9. The first-order valence-corrected chi connectivity index (χ1v) is 7.14. The van der Waals surface area contributed by atoms with Gasteiger partial charge in [0.1, 0.15) is 0 Å². The Balaban J connectivity index is 2.14. The van der Waals surface area contributed by atoms with Crippen molar-refractivity contribution in [2.45, 2.75) is 26.2 Å². The molecule has 0 spiro atoms. The predicted octanol–water partition coefficient (Wildman–Crippen LogP) is 5.80. The molecular weight excluding hydrogens is 240 g/mol. The average Bonchev–Trinajstić information content (AvgIpc) is 2.46. The molecule has 3 aromatic rings. The van der Waals surface area contributed by atoms with Crippen molar-refractivity contribution in [1.29, 1.82) is 0 Å². The third kappa shape index (κ3) is 2.46. The molecule has 0 bridgehead atoms. The van der Waals surface area contributed by atoms with Crippen molar-refractivity contribution in [3.05, 3.63) is 72.3 Å². The van der Waals surface area contributed by atoms with E-state index >= 15 is 0 Å². The lowest BCUT2D eigenvalue weighted by Crippen LogP contribution is -2.10. The molecule has 0 amide bonds. The summed E-state index contributed by atoms with van der Waals surface area (Å²) in [5.74, 6) is 0. The molecule has 0 nitrogen and oxygen atoms in total. The summed E-state index contributed by atoms with van der Waals surface area (Å²) in [4.78, 5) is 0. The highest BCUT2D eigenvalue weighted by Gasteiger charge is 2.13. The molecule has 0 aliphatic carbocycles. The molecule has 100 valence electrons. The van der Waals surface area contributed by atoms with Crippen molar-refractivity contribution in [2.75, 3.05) is 0 Å². The number of benzene rings is 3. The SMILES string of the molecule is CC(C)(C)c1ccc2ccc(-c3ccccc3)cc2c1. The second kappa shape index (κ2) is 4.79. The van der Waals surface area contributed by atoms with Gasteiger partial charge >= 0.3 is 0 Å². The Morgan fingerprint density at radius 2 is 1.30 bits per heavy atom. The molecular formula is C20H20. The van der Waals surface area contributed by atoms with E-state index < -0.39 is 0 Å². The van der Waals surface area contributed by atoms with Crippen LogP contribution >= 0.6 is 0 Å². The van der Waals surface area contributed by atoms with E-state index in [0.29, 0.717) is 0 Å². The fourth-order valence-electron chi connectivity index (χ4n) is 2.52. The Labute approximate surface area is 121 Å². The number of hydrogen-bond donors (Lipinski definition) is 0. The Morgan fingerprint density at radius 3 is 2.00 bits per heavy atom. The Bertz CT molecular complexity index is 731. The van der Waals surface area contributed by atoms with Crippen molar-refractivity contribution in [3.63, 3.8) is 0 Å². The third-order valence-corrected chi connectivity index (χ3v) is 3.81. The summed E-state index contributed by atoms with van der Waals surface area (Å²) >= 11 is 0. The first-order chi connectivity index (χ1) is 9.54. The normalized spacial score (nSPS) is 11.8. The minimum Gasteiger partial charge on any atom is -0.0622 e. The molecule has 0 saturated heterocycles. The van der Waals surface area contributed by atoms with Gasteiger partial charge in [0, 0.05) is 0 Å². The summed E-state index contributed by atoms with van der Waals surface area (Å²) in [5.41, 5.74) is 4.13.